The fourth-order valence-corrected chi connectivity index (χ4v) is 11.1. The number of Topliss-reactive ketones (excluding diaryl/α,β-unsaturated/α-hetero) is 2. The van der Waals surface area contributed by atoms with E-state index < -0.39 is 99.9 Å². The fraction of sp³-hybridized carbons (Fsp3) is 0.488. The highest BCUT2D eigenvalue weighted by Gasteiger charge is 2.80. The highest BCUT2D eigenvalue weighted by molar-refractivity contribution is 6.12. The van der Waals surface area contributed by atoms with Crippen molar-refractivity contribution in [3.05, 3.63) is 76.5 Å². The Labute approximate surface area is 300 Å². The van der Waals surface area contributed by atoms with Crippen molar-refractivity contribution in [1.29, 1.82) is 0 Å². The molecule has 4 aliphatic heterocycles. The number of benzene rings is 2. The van der Waals surface area contributed by atoms with E-state index in [-0.39, 0.29) is 23.0 Å². The number of ketones is 2. The number of aromatic hydroxyl groups is 3. The molecule has 52 heavy (non-hydrogen) atoms. The lowest BCUT2D eigenvalue weighted by atomic mass is 9.49. The number of allylic oxidation sites excluding steroid dienone is 2. The van der Waals surface area contributed by atoms with Crippen LogP contribution < -0.4 is 5.32 Å². The van der Waals surface area contributed by atoms with Gasteiger partial charge in [0, 0.05) is 46.1 Å². The molecule has 11 nitrogen and oxygen atoms in total. The molecule has 11 heteroatoms. The number of ether oxygens (including phenoxy) is 2. The van der Waals surface area contributed by atoms with E-state index in [0.29, 0.717) is 24.0 Å². The van der Waals surface area contributed by atoms with Crippen LogP contribution in [0.5, 0.6) is 17.2 Å². The molecule has 5 heterocycles. The van der Waals surface area contributed by atoms with Crippen molar-refractivity contribution >= 4 is 28.4 Å². The first kappa shape index (κ1) is 33.4. The smallest absolute Gasteiger partial charge is 0.235 e. The van der Waals surface area contributed by atoms with Crippen LogP contribution in [0.25, 0.3) is 10.9 Å². The van der Waals surface area contributed by atoms with Crippen LogP contribution in [0.1, 0.15) is 68.6 Å². The topological polar surface area (TPSA) is 182 Å². The molecule has 4 fully saturated rings. The first-order valence-corrected chi connectivity index (χ1v) is 18.3. The van der Waals surface area contributed by atoms with Crippen molar-refractivity contribution in [3.63, 3.8) is 0 Å². The third kappa shape index (κ3) is 4.10. The number of hydrogen-bond acceptors (Lipinski definition) is 9. The van der Waals surface area contributed by atoms with Crippen molar-refractivity contribution in [2.45, 2.75) is 83.5 Å². The molecular formula is C41H44N2O9. The van der Waals surface area contributed by atoms with E-state index in [0.717, 1.165) is 16.5 Å². The summed E-state index contributed by atoms with van der Waals surface area (Å²) in [6.45, 7) is 9.30. The summed E-state index contributed by atoms with van der Waals surface area (Å²) >= 11 is 0. The molecule has 1 amide bonds. The number of carbonyl (C=O) groups excluding carboxylic acids is 3. The standard InChI is InChI=1S/C41H44N2O9/c1-16-9-8-11-22-38-40(5,52-38)19(4)29-24(14-20-15-42-23-12-7-6-10-21(20)23)43-39(50)41(22,29)37(49)28-27(32(46)30(44)17(2)13-16)36-26-25(35(28)51-36)18(3)31(45)34(48)33(26)47/h6-8,10-13,15-16,19,22,24,27-30,35-36,38,42,44-45,47-48H,9,14H2,1-5H3,(H,43,50)/b11-8+,17-13-/t16?,19-,22-,24-,27?,28?,29-,30?,35?,36?,38?,40+,41-/m0/s1. The number of phenols is 3. The number of aliphatic hydroxyl groups is 1. The zero-order chi connectivity index (χ0) is 36.8. The molecule has 3 saturated heterocycles. The van der Waals surface area contributed by atoms with Gasteiger partial charge in [0.2, 0.25) is 11.7 Å². The molecule has 7 unspecified atom stereocenters. The van der Waals surface area contributed by atoms with Gasteiger partial charge < -0.3 is 40.2 Å². The lowest BCUT2D eigenvalue weighted by Crippen LogP contribution is -2.61. The monoisotopic (exact) mass is 708 g/mol. The summed E-state index contributed by atoms with van der Waals surface area (Å²) in [6.07, 6.45) is 4.37. The molecular weight excluding hydrogens is 664 g/mol. The van der Waals surface area contributed by atoms with E-state index in [9.17, 15) is 25.2 Å². The number of carbonyl (C=O) groups is 3. The first-order valence-electron chi connectivity index (χ1n) is 18.3. The van der Waals surface area contributed by atoms with E-state index in [1.165, 1.54) is 0 Å². The summed E-state index contributed by atoms with van der Waals surface area (Å²) in [5.41, 5.74) is 0.746. The Morgan fingerprint density at radius 3 is 2.46 bits per heavy atom. The predicted molar refractivity (Wildman–Crippen MR) is 188 cm³/mol. The molecule has 3 aromatic rings. The summed E-state index contributed by atoms with van der Waals surface area (Å²) in [7, 11) is 0. The number of rotatable bonds is 2. The van der Waals surface area contributed by atoms with Crippen LogP contribution in [0.3, 0.4) is 0 Å². The molecule has 13 atom stereocenters. The van der Waals surface area contributed by atoms with Gasteiger partial charge in [-0.15, -0.1) is 0 Å². The molecule has 2 aliphatic carbocycles. The molecule has 6 aliphatic rings. The number of para-hydroxylation sites is 1. The number of fused-ring (bicyclic) bond motifs is 11. The van der Waals surface area contributed by atoms with Gasteiger partial charge in [-0.1, -0.05) is 50.3 Å². The lowest BCUT2D eigenvalue weighted by molar-refractivity contribution is -0.155. The average Bonchev–Trinajstić information content (AvgIpc) is 3.48. The Balaban J connectivity index is 1.26. The van der Waals surface area contributed by atoms with Gasteiger partial charge in [0.05, 0.1) is 35.7 Å². The van der Waals surface area contributed by atoms with Crippen LogP contribution in [0, 0.1) is 47.8 Å². The van der Waals surface area contributed by atoms with Gasteiger partial charge in [0.25, 0.3) is 0 Å². The van der Waals surface area contributed by atoms with Crippen molar-refractivity contribution < 1.29 is 44.3 Å². The summed E-state index contributed by atoms with van der Waals surface area (Å²) < 4.78 is 13.0. The molecule has 1 spiro atoms. The number of aliphatic hydroxyl groups excluding tert-OH is 1. The number of nitrogens with one attached hydrogen (secondary N) is 2. The molecule has 2 aromatic carbocycles. The third-order valence-electron chi connectivity index (χ3n) is 13.7. The van der Waals surface area contributed by atoms with Crippen LogP contribution in [-0.4, -0.2) is 66.7 Å². The van der Waals surface area contributed by atoms with Gasteiger partial charge >= 0.3 is 0 Å². The molecule has 2 bridgehead atoms. The van der Waals surface area contributed by atoms with Gasteiger partial charge in [-0.05, 0) is 68.2 Å². The number of epoxide rings is 1. The van der Waals surface area contributed by atoms with E-state index in [1.54, 1.807) is 13.8 Å². The number of amides is 1. The number of H-pyrrole nitrogens is 1. The molecule has 1 aromatic heterocycles. The second-order valence-corrected chi connectivity index (χ2v) is 16.3. The van der Waals surface area contributed by atoms with Gasteiger partial charge in [-0.2, -0.15) is 0 Å². The molecule has 272 valence electrons. The third-order valence-corrected chi connectivity index (χ3v) is 13.7. The normalized spacial score (nSPS) is 42.1. The minimum atomic E-state index is -1.68. The second kappa shape index (κ2) is 11.0. The Bertz CT molecular complexity index is 2150. The van der Waals surface area contributed by atoms with E-state index in [2.05, 4.69) is 10.3 Å². The maximum absolute atomic E-state index is 16.0. The van der Waals surface area contributed by atoms with E-state index in [4.69, 9.17) is 9.47 Å². The lowest BCUT2D eigenvalue weighted by Gasteiger charge is -2.48. The Hall–Kier alpha value is -4.45. The minimum Gasteiger partial charge on any atom is -0.504 e. The highest BCUT2D eigenvalue weighted by atomic mass is 16.6. The Morgan fingerprint density at radius 2 is 1.69 bits per heavy atom. The molecule has 0 radical (unpaired) electrons. The zero-order valence-electron chi connectivity index (χ0n) is 29.7. The quantitative estimate of drug-likeness (QED) is 0.0947. The second-order valence-electron chi connectivity index (χ2n) is 16.3. The van der Waals surface area contributed by atoms with Crippen molar-refractivity contribution in [2.24, 2.45) is 40.9 Å². The number of aromatic nitrogens is 1. The fourth-order valence-electron chi connectivity index (χ4n) is 11.1. The summed E-state index contributed by atoms with van der Waals surface area (Å²) in [5.74, 6) is -7.59. The van der Waals surface area contributed by atoms with Crippen LogP contribution in [-0.2, 0) is 30.3 Å². The summed E-state index contributed by atoms with van der Waals surface area (Å²) in [5, 5.41) is 48.5. The number of aromatic amines is 1. The first-order chi connectivity index (χ1) is 24.7. The number of hydrogen-bond donors (Lipinski definition) is 6. The predicted octanol–water partition coefficient (Wildman–Crippen LogP) is 4.76. The summed E-state index contributed by atoms with van der Waals surface area (Å²) in [6, 6.07) is 7.49. The molecule has 1 saturated carbocycles. The SMILES string of the molecule is C/C1=C/C(C)C/C=C/[C@H]2C3O[C@]3(C)[C@@H](C)[C@H]3[C@H](Cc4c[nH]c5ccccc45)NC(=O)[C@]32C(=O)C2C3OC(c4c(O)c(O)c(O)c(C)c43)C2C(=O)C1O. The van der Waals surface area contributed by atoms with Crippen LogP contribution in [0.15, 0.2) is 54.3 Å². The van der Waals surface area contributed by atoms with Crippen molar-refractivity contribution in [3.8, 4) is 17.2 Å². The van der Waals surface area contributed by atoms with Gasteiger partial charge in [0.15, 0.2) is 23.1 Å². The van der Waals surface area contributed by atoms with Crippen molar-refractivity contribution in [2.75, 3.05) is 0 Å². The van der Waals surface area contributed by atoms with Crippen molar-refractivity contribution in [1.82, 2.24) is 10.3 Å². The van der Waals surface area contributed by atoms with E-state index >= 15 is 9.59 Å². The van der Waals surface area contributed by atoms with Gasteiger partial charge in [0.1, 0.15) is 11.5 Å². The van der Waals surface area contributed by atoms with Gasteiger partial charge in [-0.3, -0.25) is 14.4 Å². The maximum Gasteiger partial charge on any atom is 0.235 e. The molecule has 9 rings (SSSR count). The minimum absolute atomic E-state index is 0.0811. The Morgan fingerprint density at radius 1 is 0.962 bits per heavy atom. The van der Waals surface area contributed by atoms with Gasteiger partial charge in [-0.25, -0.2) is 0 Å². The Kier molecular flexibility index (Phi) is 7.09. The maximum atomic E-state index is 16.0. The molecule has 6 N–H and O–H groups in total. The van der Waals surface area contributed by atoms with Crippen LogP contribution in [0.4, 0.5) is 0 Å². The summed E-state index contributed by atoms with van der Waals surface area (Å²) in [4.78, 5) is 49.0. The average molecular weight is 709 g/mol. The van der Waals surface area contributed by atoms with E-state index in [1.807, 2.05) is 69.5 Å². The largest absolute Gasteiger partial charge is 0.504 e. The van der Waals surface area contributed by atoms with Crippen LogP contribution >= 0.6 is 0 Å². The number of phenolic OH excluding ortho intramolecular Hbond substituents is 3. The highest BCUT2D eigenvalue weighted by Crippen LogP contribution is 2.70. The van der Waals surface area contributed by atoms with Crippen LogP contribution in [0.2, 0.25) is 0 Å². The zero-order valence-corrected chi connectivity index (χ0v) is 29.7.